The van der Waals surface area contributed by atoms with Gasteiger partial charge < -0.3 is 10.1 Å². The zero-order chi connectivity index (χ0) is 26.4. The van der Waals surface area contributed by atoms with Crippen LogP contribution in [0.2, 0.25) is 0 Å². The van der Waals surface area contributed by atoms with Gasteiger partial charge >= 0.3 is 5.97 Å². The number of carbonyl (C=O) groups is 2. The normalized spacial score (nSPS) is 11.1. The van der Waals surface area contributed by atoms with Crippen LogP contribution < -0.4 is 5.32 Å². The van der Waals surface area contributed by atoms with Crippen LogP contribution in [0.15, 0.2) is 0 Å². The highest BCUT2D eigenvalue weighted by molar-refractivity contribution is 5.81. The van der Waals surface area contributed by atoms with Crippen molar-refractivity contribution in [2.45, 2.75) is 181 Å². The third-order valence-electron chi connectivity index (χ3n) is 7.20. The Morgan fingerprint density at radius 3 is 1.19 bits per heavy atom. The molecule has 1 N–H and O–H groups in total. The van der Waals surface area contributed by atoms with E-state index in [1.165, 1.54) is 135 Å². The van der Waals surface area contributed by atoms with Gasteiger partial charge in [-0.2, -0.15) is 0 Å². The van der Waals surface area contributed by atoms with Crippen molar-refractivity contribution in [1.29, 1.82) is 0 Å². The van der Waals surface area contributed by atoms with Crippen LogP contribution in [0, 0.1) is 0 Å². The number of ether oxygens (including phenoxy) is 1. The van der Waals surface area contributed by atoms with E-state index in [2.05, 4.69) is 19.2 Å². The predicted molar refractivity (Wildman–Crippen MR) is 155 cm³/mol. The van der Waals surface area contributed by atoms with Crippen LogP contribution in [0.25, 0.3) is 0 Å². The fourth-order valence-corrected chi connectivity index (χ4v) is 4.74. The highest BCUT2D eigenvalue weighted by Crippen LogP contribution is 2.15. The van der Waals surface area contributed by atoms with E-state index >= 15 is 0 Å². The number of rotatable bonds is 29. The first kappa shape index (κ1) is 34.9. The molecule has 0 saturated carbocycles. The Kier molecular flexibility index (Phi) is 29.3. The van der Waals surface area contributed by atoms with Crippen molar-refractivity contribution in [3.63, 3.8) is 0 Å². The van der Waals surface area contributed by atoms with Crippen molar-refractivity contribution in [3.05, 3.63) is 0 Å². The number of amides is 1. The molecule has 0 spiro atoms. The molecule has 0 rings (SSSR count). The zero-order valence-electron chi connectivity index (χ0n) is 24.5. The molecule has 0 aliphatic rings. The van der Waals surface area contributed by atoms with E-state index in [1.54, 1.807) is 0 Å². The lowest BCUT2D eigenvalue weighted by molar-refractivity contribution is -0.144. The lowest BCUT2D eigenvalue weighted by Crippen LogP contribution is -2.30. The summed E-state index contributed by atoms with van der Waals surface area (Å²) in [6, 6.07) is 0. The van der Waals surface area contributed by atoms with E-state index in [1.807, 2.05) is 0 Å². The fourth-order valence-electron chi connectivity index (χ4n) is 4.74. The Bertz CT molecular complexity index is 466. The third kappa shape index (κ3) is 29.2. The van der Waals surface area contributed by atoms with Crippen LogP contribution in [0.3, 0.4) is 0 Å². The summed E-state index contributed by atoms with van der Waals surface area (Å²) >= 11 is 0. The summed E-state index contributed by atoms with van der Waals surface area (Å²) in [6.07, 6.45) is 33.4. The minimum Gasteiger partial charge on any atom is -0.464 e. The second-order valence-corrected chi connectivity index (χ2v) is 10.9. The SMILES string of the molecule is CCCCCCCCCCCCCCCCCCCCCCOC(=O)CNC(=O)CCCCCCC. The van der Waals surface area contributed by atoms with Crippen LogP contribution in [-0.2, 0) is 14.3 Å². The molecule has 0 aliphatic carbocycles. The quantitative estimate of drug-likeness (QED) is 0.0806. The number of nitrogens with one attached hydrogen (secondary N) is 1. The summed E-state index contributed by atoms with van der Waals surface area (Å²) in [5.74, 6) is -0.352. The summed E-state index contributed by atoms with van der Waals surface area (Å²) in [6.45, 7) is 4.95. The van der Waals surface area contributed by atoms with E-state index in [9.17, 15) is 9.59 Å². The molecule has 0 aromatic heterocycles. The van der Waals surface area contributed by atoms with Gasteiger partial charge in [-0.15, -0.1) is 0 Å². The zero-order valence-corrected chi connectivity index (χ0v) is 24.5. The molecule has 0 radical (unpaired) electrons. The Morgan fingerprint density at radius 2 is 0.806 bits per heavy atom. The minimum absolute atomic E-state index is 0.00693. The van der Waals surface area contributed by atoms with Gasteiger partial charge in [0, 0.05) is 6.42 Å². The molecular formula is C32H63NO3. The number of unbranched alkanes of at least 4 members (excludes halogenated alkanes) is 23. The molecule has 0 fully saturated rings. The van der Waals surface area contributed by atoms with E-state index in [0.29, 0.717) is 13.0 Å². The van der Waals surface area contributed by atoms with Crippen molar-refractivity contribution in [3.8, 4) is 0 Å². The number of hydrogen-bond acceptors (Lipinski definition) is 3. The molecule has 0 aromatic carbocycles. The lowest BCUT2D eigenvalue weighted by Gasteiger charge is -2.07. The van der Waals surface area contributed by atoms with Crippen LogP contribution in [0.4, 0.5) is 0 Å². The maximum Gasteiger partial charge on any atom is 0.325 e. The van der Waals surface area contributed by atoms with Crippen LogP contribution in [0.1, 0.15) is 181 Å². The Balaban J connectivity index is 3.20. The average Bonchev–Trinajstić information content (AvgIpc) is 2.88. The fraction of sp³-hybridized carbons (Fsp3) is 0.938. The molecular weight excluding hydrogens is 446 g/mol. The molecule has 0 aliphatic heterocycles. The van der Waals surface area contributed by atoms with E-state index < -0.39 is 0 Å². The molecule has 0 heterocycles. The maximum atomic E-state index is 11.7. The summed E-state index contributed by atoms with van der Waals surface area (Å²) in [7, 11) is 0. The first-order chi connectivity index (χ1) is 17.7. The van der Waals surface area contributed by atoms with Gasteiger partial charge in [0.2, 0.25) is 5.91 Å². The first-order valence-corrected chi connectivity index (χ1v) is 16.1. The van der Waals surface area contributed by atoms with Gasteiger partial charge in [0.15, 0.2) is 0 Å². The van der Waals surface area contributed by atoms with E-state index in [0.717, 1.165) is 25.7 Å². The molecule has 4 heteroatoms. The third-order valence-corrected chi connectivity index (χ3v) is 7.20. The summed E-state index contributed by atoms with van der Waals surface area (Å²) in [5, 5.41) is 2.67. The van der Waals surface area contributed by atoms with Crippen LogP contribution >= 0.6 is 0 Å². The van der Waals surface area contributed by atoms with Crippen molar-refractivity contribution in [1.82, 2.24) is 5.32 Å². The van der Waals surface area contributed by atoms with Gasteiger partial charge in [0.05, 0.1) is 6.61 Å². The highest BCUT2D eigenvalue weighted by Gasteiger charge is 2.06. The topological polar surface area (TPSA) is 55.4 Å². The van der Waals surface area contributed by atoms with Crippen molar-refractivity contribution in [2.75, 3.05) is 13.2 Å². The lowest BCUT2D eigenvalue weighted by atomic mass is 10.0. The van der Waals surface area contributed by atoms with Crippen LogP contribution in [0.5, 0.6) is 0 Å². The first-order valence-electron chi connectivity index (χ1n) is 16.1. The molecule has 0 unspecified atom stereocenters. The number of esters is 1. The molecule has 0 atom stereocenters. The van der Waals surface area contributed by atoms with Gasteiger partial charge in [0.25, 0.3) is 0 Å². The second kappa shape index (κ2) is 30.2. The Labute approximate surface area is 225 Å². The standard InChI is InChI=1S/C32H63NO3/c1-3-5-7-9-10-11-12-13-14-15-16-17-18-19-20-21-22-23-25-27-29-36-32(35)30-33-31(34)28-26-24-8-6-4-2/h3-30H2,1-2H3,(H,33,34). The summed E-state index contributed by atoms with van der Waals surface area (Å²) in [5.41, 5.74) is 0. The average molecular weight is 510 g/mol. The highest BCUT2D eigenvalue weighted by atomic mass is 16.5. The summed E-state index contributed by atoms with van der Waals surface area (Å²) < 4.78 is 5.23. The molecule has 214 valence electrons. The Hall–Kier alpha value is -1.06. The smallest absolute Gasteiger partial charge is 0.325 e. The number of hydrogen-bond donors (Lipinski definition) is 1. The van der Waals surface area contributed by atoms with Crippen molar-refractivity contribution < 1.29 is 14.3 Å². The molecule has 4 nitrogen and oxygen atoms in total. The summed E-state index contributed by atoms with van der Waals surface area (Å²) in [4.78, 5) is 23.5. The van der Waals surface area contributed by atoms with Gasteiger partial charge in [-0.25, -0.2) is 0 Å². The predicted octanol–water partition coefficient (Wildman–Crippen LogP) is 9.83. The molecule has 1 amide bonds. The van der Waals surface area contributed by atoms with Gasteiger partial charge in [-0.05, 0) is 12.8 Å². The van der Waals surface area contributed by atoms with Crippen molar-refractivity contribution >= 4 is 11.9 Å². The molecule has 0 aromatic rings. The Morgan fingerprint density at radius 1 is 0.472 bits per heavy atom. The van der Waals surface area contributed by atoms with Crippen molar-refractivity contribution in [2.24, 2.45) is 0 Å². The maximum absolute atomic E-state index is 11.7. The monoisotopic (exact) mass is 509 g/mol. The second-order valence-electron chi connectivity index (χ2n) is 10.9. The largest absolute Gasteiger partial charge is 0.464 e. The van der Waals surface area contributed by atoms with Crippen LogP contribution in [-0.4, -0.2) is 25.0 Å². The van der Waals surface area contributed by atoms with Gasteiger partial charge in [-0.3, -0.25) is 9.59 Å². The van der Waals surface area contributed by atoms with E-state index in [-0.39, 0.29) is 18.4 Å². The molecule has 36 heavy (non-hydrogen) atoms. The number of carbonyl (C=O) groups excluding carboxylic acids is 2. The molecule has 0 bridgehead atoms. The minimum atomic E-state index is -0.313. The van der Waals surface area contributed by atoms with E-state index in [4.69, 9.17) is 4.74 Å². The van der Waals surface area contributed by atoms with Gasteiger partial charge in [-0.1, -0.05) is 162 Å². The van der Waals surface area contributed by atoms with Gasteiger partial charge in [0.1, 0.15) is 6.54 Å². The molecule has 0 saturated heterocycles.